The minimum absolute atomic E-state index is 0.277. The fourth-order valence-electron chi connectivity index (χ4n) is 2.22. The summed E-state index contributed by atoms with van der Waals surface area (Å²) in [5.41, 5.74) is 7.20. The third kappa shape index (κ3) is 3.51. The maximum Gasteiger partial charge on any atom is 0.350 e. The van der Waals surface area contributed by atoms with Gasteiger partial charge in [0, 0.05) is 0 Å². The van der Waals surface area contributed by atoms with Crippen molar-refractivity contribution in [2.24, 2.45) is 0 Å². The summed E-state index contributed by atoms with van der Waals surface area (Å²) in [7, 11) is 0. The zero-order valence-corrected chi connectivity index (χ0v) is 15.9. The Balaban J connectivity index is 2.16. The number of carbonyl (C=O) groups is 1. The van der Waals surface area contributed by atoms with Crippen molar-refractivity contribution in [2.45, 2.75) is 12.1 Å². The number of thiophene rings is 1. The van der Waals surface area contributed by atoms with E-state index >= 15 is 0 Å². The summed E-state index contributed by atoms with van der Waals surface area (Å²) in [6.07, 6.45) is 1.88. The molecular formula is C16H15ClN4O2S2. The van der Waals surface area contributed by atoms with Crippen LogP contribution in [-0.4, -0.2) is 28.8 Å². The summed E-state index contributed by atoms with van der Waals surface area (Å²) in [5.74, 6) is 0.0455. The number of nitrogens with zero attached hydrogens (tertiary/aromatic N) is 2. The molecule has 0 unspecified atom stereocenters. The molecule has 25 heavy (non-hydrogen) atoms. The van der Waals surface area contributed by atoms with Gasteiger partial charge in [0.1, 0.15) is 15.5 Å². The monoisotopic (exact) mass is 394 g/mol. The minimum atomic E-state index is -0.461. The highest BCUT2D eigenvalue weighted by molar-refractivity contribution is 7.98. The largest absolute Gasteiger partial charge is 0.462 e. The number of anilines is 3. The van der Waals surface area contributed by atoms with Crippen molar-refractivity contribution in [3.8, 4) is 0 Å². The summed E-state index contributed by atoms with van der Waals surface area (Å²) in [6.45, 7) is 2.02. The van der Waals surface area contributed by atoms with Gasteiger partial charge in [0.2, 0.25) is 0 Å². The van der Waals surface area contributed by atoms with Crippen molar-refractivity contribution < 1.29 is 9.53 Å². The van der Waals surface area contributed by atoms with Gasteiger partial charge in [-0.25, -0.2) is 14.8 Å². The summed E-state index contributed by atoms with van der Waals surface area (Å²) < 4.78 is 5.07. The van der Waals surface area contributed by atoms with Crippen molar-refractivity contribution in [1.29, 1.82) is 0 Å². The number of nitrogens with two attached hydrogens (primary N) is 1. The number of benzene rings is 1. The molecule has 0 amide bonds. The van der Waals surface area contributed by atoms with E-state index in [2.05, 4.69) is 15.3 Å². The molecule has 2 heterocycles. The molecule has 0 bridgehead atoms. The standard InChI is InChI=1S/C16H15ClN4O2S2/c1-3-23-15(22)12-11(18)10-13(19-9-7-5-4-6-8(9)17)20-16(24-2)21-14(10)25-12/h4-7H,3,18H2,1-2H3,(H,19,20,21). The average Bonchev–Trinajstić information content (AvgIpc) is 2.94. The number of nitrogen functional groups attached to an aromatic ring is 1. The molecule has 0 aliphatic heterocycles. The Morgan fingerprint density at radius 3 is 2.84 bits per heavy atom. The molecule has 6 nitrogen and oxygen atoms in total. The number of halogens is 1. The Morgan fingerprint density at radius 1 is 1.40 bits per heavy atom. The number of aromatic nitrogens is 2. The molecular weight excluding hydrogens is 380 g/mol. The lowest BCUT2D eigenvalue weighted by molar-refractivity contribution is 0.0533. The summed E-state index contributed by atoms with van der Waals surface area (Å²) >= 11 is 8.82. The lowest BCUT2D eigenvalue weighted by Crippen LogP contribution is -2.05. The summed E-state index contributed by atoms with van der Waals surface area (Å²) in [4.78, 5) is 22.0. The highest BCUT2D eigenvalue weighted by Gasteiger charge is 2.22. The van der Waals surface area contributed by atoms with Gasteiger partial charge in [-0.1, -0.05) is 35.5 Å². The van der Waals surface area contributed by atoms with E-state index in [4.69, 9.17) is 22.1 Å². The van der Waals surface area contributed by atoms with Crippen molar-refractivity contribution in [3.63, 3.8) is 0 Å². The van der Waals surface area contributed by atoms with E-state index in [0.29, 0.717) is 42.5 Å². The van der Waals surface area contributed by atoms with Crippen molar-refractivity contribution in [2.75, 3.05) is 23.9 Å². The Bertz CT molecular complexity index is 945. The Morgan fingerprint density at radius 2 is 2.16 bits per heavy atom. The van der Waals surface area contributed by atoms with E-state index < -0.39 is 5.97 Å². The first-order valence-corrected chi connectivity index (χ1v) is 9.79. The van der Waals surface area contributed by atoms with Crippen LogP contribution in [0.1, 0.15) is 16.6 Å². The zero-order valence-electron chi connectivity index (χ0n) is 13.5. The van der Waals surface area contributed by atoms with Crippen LogP contribution < -0.4 is 11.1 Å². The smallest absolute Gasteiger partial charge is 0.350 e. The third-order valence-electron chi connectivity index (χ3n) is 3.34. The second kappa shape index (κ2) is 7.47. The number of hydrogen-bond donors (Lipinski definition) is 2. The molecule has 3 N–H and O–H groups in total. The third-order valence-corrected chi connectivity index (χ3v) is 5.30. The van der Waals surface area contributed by atoms with Gasteiger partial charge in [-0.15, -0.1) is 11.3 Å². The van der Waals surface area contributed by atoms with Crippen molar-refractivity contribution in [1.82, 2.24) is 9.97 Å². The van der Waals surface area contributed by atoms with Gasteiger partial charge in [0.15, 0.2) is 5.16 Å². The first-order chi connectivity index (χ1) is 12.0. The number of esters is 1. The predicted octanol–water partition coefficient (Wildman–Crippen LogP) is 4.57. The van der Waals surface area contributed by atoms with Crippen molar-refractivity contribution >= 4 is 68.1 Å². The molecule has 3 aromatic rings. The number of ether oxygens (including phenoxy) is 1. The number of rotatable bonds is 5. The Labute approximate surface area is 157 Å². The number of para-hydroxylation sites is 1. The molecule has 0 radical (unpaired) electrons. The number of nitrogens with one attached hydrogen (secondary N) is 1. The summed E-state index contributed by atoms with van der Waals surface area (Å²) in [6, 6.07) is 7.32. The first kappa shape index (κ1) is 17.8. The number of hydrogen-bond acceptors (Lipinski definition) is 8. The first-order valence-electron chi connectivity index (χ1n) is 7.37. The van der Waals surface area contributed by atoms with Crippen LogP contribution >= 0.6 is 34.7 Å². The number of carbonyl (C=O) groups excluding carboxylic acids is 1. The predicted molar refractivity (Wildman–Crippen MR) is 104 cm³/mol. The van der Waals surface area contributed by atoms with E-state index in [1.807, 2.05) is 24.5 Å². The second-order valence-electron chi connectivity index (χ2n) is 4.91. The van der Waals surface area contributed by atoms with E-state index in [9.17, 15) is 4.79 Å². The van der Waals surface area contributed by atoms with Gasteiger partial charge >= 0.3 is 5.97 Å². The van der Waals surface area contributed by atoms with Crippen LogP contribution in [0.15, 0.2) is 29.4 Å². The molecule has 0 fully saturated rings. The quantitative estimate of drug-likeness (QED) is 0.372. The number of fused-ring (bicyclic) bond motifs is 1. The highest BCUT2D eigenvalue weighted by Crippen LogP contribution is 2.39. The fourth-order valence-corrected chi connectivity index (χ4v) is 3.82. The van der Waals surface area contributed by atoms with Gasteiger partial charge in [-0.3, -0.25) is 0 Å². The lowest BCUT2D eigenvalue weighted by atomic mass is 10.2. The molecule has 3 rings (SSSR count). The van der Waals surface area contributed by atoms with Crippen LogP contribution in [0.5, 0.6) is 0 Å². The van der Waals surface area contributed by atoms with Crippen LogP contribution in [0.2, 0.25) is 5.02 Å². The fraction of sp³-hybridized carbons (Fsp3) is 0.188. The molecule has 0 atom stereocenters. The van der Waals surface area contributed by atoms with Crippen LogP contribution in [0.4, 0.5) is 17.2 Å². The second-order valence-corrected chi connectivity index (χ2v) is 7.09. The van der Waals surface area contributed by atoms with Gasteiger partial charge in [-0.05, 0) is 25.3 Å². The molecule has 0 aliphatic rings. The van der Waals surface area contributed by atoms with Crippen molar-refractivity contribution in [3.05, 3.63) is 34.2 Å². The number of thioether (sulfide) groups is 1. The lowest BCUT2D eigenvalue weighted by Gasteiger charge is -2.10. The molecule has 1 aromatic carbocycles. The van der Waals surface area contributed by atoms with Crippen LogP contribution in [0, 0.1) is 0 Å². The van der Waals surface area contributed by atoms with Crippen LogP contribution in [-0.2, 0) is 4.74 Å². The van der Waals surface area contributed by atoms with E-state index in [1.54, 1.807) is 13.0 Å². The minimum Gasteiger partial charge on any atom is -0.462 e. The van der Waals surface area contributed by atoms with E-state index in [1.165, 1.54) is 23.1 Å². The molecule has 0 saturated heterocycles. The SMILES string of the molecule is CCOC(=O)c1sc2nc(SC)nc(Nc3ccccc3Cl)c2c1N. The van der Waals surface area contributed by atoms with Crippen LogP contribution in [0.3, 0.4) is 0 Å². The summed E-state index contributed by atoms with van der Waals surface area (Å²) in [5, 5.41) is 4.91. The van der Waals surface area contributed by atoms with E-state index in [-0.39, 0.29) is 6.61 Å². The maximum absolute atomic E-state index is 12.1. The molecule has 130 valence electrons. The van der Waals surface area contributed by atoms with Gasteiger partial charge in [-0.2, -0.15) is 0 Å². The topological polar surface area (TPSA) is 90.1 Å². The molecule has 9 heteroatoms. The highest BCUT2D eigenvalue weighted by atomic mass is 35.5. The Hall–Kier alpha value is -2.03. The zero-order chi connectivity index (χ0) is 18.0. The Kier molecular flexibility index (Phi) is 5.31. The van der Waals surface area contributed by atoms with Gasteiger partial charge in [0.05, 0.1) is 28.4 Å². The maximum atomic E-state index is 12.1. The molecule has 0 aliphatic carbocycles. The molecule has 0 spiro atoms. The average molecular weight is 395 g/mol. The van der Waals surface area contributed by atoms with Gasteiger partial charge < -0.3 is 15.8 Å². The van der Waals surface area contributed by atoms with Gasteiger partial charge in [0.25, 0.3) is 0 Å². The molecule has 0 saturated carbocycles. The molecule has 2 aromatic heterocycles. The van der Waals surface area contributed by atoms with Crippen LogP contribution in [0.25, 0.3) is 10.2 Å². The normalized spacial score (nSPS) is 10.8. The van der Waals surface area contributed by atoms with E-state index in [0.717, 1.165) is 0 Å².